The number of nitriles is 1. The first-order chi connectivity index (χ1) is 11.4. The van der Waals surface area contributed by atoms with E-state index in [4.69, 9.17) is 0 Å². The van der Waals surface area contributed by atoms with Crippen LogP contribution in [0.1, 0.15) is 6.42 Å². The highest BCUT2D eigenvalue weighted by atomic mass is 35.5. The highest BCUT2D eigenvalue weighted by Gasteiger charge is 2.44. The maximum Gasteiger partial charge on any atom is 0.113 e. The fourth-order valence-corrected chi connectivity index (χ4v) is 7.25. The monoisotopic (exact) mass is 352 g/mol. The van der Waals surface area contributed by atoms with E-state index < -0.39 is 7.26 Å². The molecule has 0 atom stereocenters. The summed E-state index contributed by atoms with van der Waals surface area (Å²) >= 11 is 0. The third kappa shape index (κ3) is 3.51. The van der Waals surface area contributed by atoms with E-state index in [2.05, 4.69) is 97.1 Å². The van der Waals surface area contributed by atoms with E-state index in [1.54, 1.807) is 0 Å². The number of benzene rings is 3. The Bertz CT molecular complexity index is 686. The van der Waals surface area contributed by atoms with Crippen molar-refractivity contribution < 1.29 is 0 Å². The van der Waals surface area contributed by atoms with Crippen LogP contribution < -0.4 is 15.9 Å². The van der Waals surface area contributed by atoms with Gasteiger partial charge in [-0.2, -0.15) is 5.26 Å². The molecule has 0 aromatic heterocycles. The summed E-state index contributed by atoms with van der Waals surface area (Å²) in [5, 5.41) is 13.3. The Morgan fingerprint density at radius 3 is 1.25 bits per heavy atom. The van der Waals surface area contributed by atoms with Crippen LogP contribution in [0.2, 0.25) is 0 Å². The minimum atomic E-state index is -1.79. The molecule has 3 heteroatoms. The molecule has 0 fully saturated rings. The lowest BCUT2D eigenvalue weighted by Gasteiger charge is -2.26. The predicted octanol–water partition coefficient (Wildman–Crippen LogP) is 4.32. The maximum absolute atomic E-state index is 9.24. The van der Waals surface area contributed by atoms with Gasteiger partial charge in [0.1, 0.15) is 23.2 Å². The van der Waals surface area contributed by atoms with Crippen molar-refractivity contribution in [1.82, 2.24) is 0 Å². The fourth-order valence-electron chi connectivity index (χ4n) is 3.10. The van der Waals surface area contributed by atoms with E-state index in [0.717, 1.165) is 6.16 Å². The molecule has 0 saturated heterocycles. The second kappa shape index (κ2) is 8.65. The van der Waals surface area contributed by atoms with Gasteiger partial charge in [-0.1, -0.05) is 54.6 Å². The maximum atomic E-state index is 9.24. The fraction of sp³-hybridized carbons (Fsp3) is 0.0952. The second-order valence-electron chi connectivity index (χ2n) is 5.45. The van der Waals surface area contributed by atoms with Crippen LogP contribution in [0.3, 0.4) is 0 Å². The Morgan fingerprint density at radius 1 is 0.625 bits per heavy atom. The van der Waals surface area contributed by atoms with E-state index in [0.29, 0.717) is 6.42 Å². The lowest BCUT2D eigenvalue weighted by molar-refractivity contribution is 1.23. The minimum Gasteiger partial charge on any atom is -0.198 e. The molecule has 0 aliphatic rings. The highest BCUT2D eigenvalue weighted by Crippen LogP contribution is 2.55. The molecular formula is C21H20ClNP+. The number of rotatable bonds is 5. The summed E-state index contributed by atoms with van der Waals surface area (Å²) in [5.41, 5.74) is 0. The Labute approximate surface area is 150 Å². The summed E-state index contributed by atoms with van der Waals surface area (Å²) in [5.74, 6) is 0. The Hall–Kier alpha value is -2.13. The summed E-state index contributed by atoms with van der Waals surface area (Å²) in [6, 6.07) is 34.4. The Kier molecular flexibility index (Phi) is 6.56. The highest BCUT2D eigenvalue weighted by molar-refractivity contribution is 7.95. The zero-order valence-corrected chi connectivity index (χ0v) is 15.1. The molecule has 24 heavy (non-hydrogen) atoms. The van der Waals surface area contributed by atoms with Crippen LogP contribution in [0.4, 0.5) is 0 Å². The molecule has 0 saturated carbocycles. The molecule has 1 nitrogen and oxygen atoms in total. The van der Waals surface area contributed by atoms with Crippen molar-refractivity contribution in [2.75, 3.05) is 6.16 Å². The lowest BCUT2D eigenvalue weighted by Crippen LogP contribution is -2.33. The van der Waals surface area contributed by atoms with Gasteiger partial charge in [-0.05, 0) is 36.4 Å². The number of hydrogen-bond donors (Lipinski definition) is 0. The molecule has 3 aromatic carbocycles. The second-order valence-corrected chi connectivity index (χ2v) is 9.06. The SMILES string of the molecule is Cl.N#CCC[P+](c1ccccc1)(c1ccccc1)c1ccccc1. The predicted molar refractivity (Wildman–Crippen MR) is 107 cm³/mol. The van der Waals surface area contributed by atoms with Crippen molar-refractivity contribution in [2.24, 2.45) is 0 Å². The smallest absolute Gasteiger partial charge is 0.113 e. The lowest BCUT2D eigenvalue weighted by atomic mass is 10.4. The molecule has 0 spiro atoms. The number of halogens is 1. The first-order valence-corrected chi connectivity index (χ1v) is 9.77. The van der Waals surface area contributed by atoms with Crippen molar-refractivity contribution in [3.63, 3.8) is 0 Å². The first-order valence-electron chi connectivity index (χ1n) is 7.80. The molecule has 0 N–H and O–H groups in total. The minimum absolute atomic E-state index is 0. The topological polar surface area (TPSA) is 23.8 Å². The van der Waals surface area contributed by atoms with Crippen molar-refractivity contribution in [2.45, 2.75) is 6.42 Å². The van der Waals surface area contributed by atoms with Gasteiger partial charge in [0.15, 0.2) is 0 Å². The van der Waals surface area contributed by atoms with E-state index in [1.165, 1.54) is 15.9 Å². The summed E-state index contributed by atoms with van der Waals surface area (Å²) in [6.07, 6.45) is 1.44. The average Bonchev–Trinajstić information content (AvgIpc) is 2.65. The van der Waals surface area contributed by atoms with Crippen LogP contribution in [-0.4, -0.2) is 6.16 Å². The molecular weight excluding hydrogens is 333 g/mol. The van der Waals surface area contributed by atoms with Gasteiger partial charge < -0.3 is 0 Å². The molecule has 0 unspecified atom stereocenters. The molecule has 0 aliphatic carbocycles. The van der Waals surface area contributed by atoms with Gasteiger partial charge in [-0.15, -0.1) is 12.4 Å². The summed E-state index contributed by atoms with van der Waals surface area (Å²) in [4.78, 5) is 0. The van der Waals surface area contributed by atoms with E-state index in [1.807, 2.05) is 0 Å². The van der Waals surface area contributed by atoms with Gasteiger partial charge in [0.2, 0.25) is 0 Å². The average molecular weight is 353 g/mol. The molecule has 3 rings (SSSR count). The van der Waals surface area contributed by atoms with Gasteiger partial charge in [-0.3, -0.25) is 0 Å². The van der Waals surface area contributed by atoms with E-state index in [-0.39, 0.29) is 12.4 Å². The number of nitrogens with zero attached hydrogens (tertiary/aromatic N) is 1. The molecule has 120 valence electrons. The van der Waals surface area contributed by atoms with Gasteiger partial charge in [0, 0.05) is 0 Å². The Morgan fingerprint density at radius 2 is 0.958 bits per heavy atom. The van der Waals surface area contributed by atoms with Gasteiger partial charge in [0.25, 0.3) is 0 Å². The molecule has 3 aromatic rings. The quantitative estimate of drug-likeness (QED) is 0.627. The van der Waals surface area contributed by atoms with Crippen LogP contribution in [0, 0.1) is 11.3 Å². The molecule has 0 heterocycles. The zero-order valence-electron chi connectivity index (χ0n) is 13.4. The standard InChI is InChI=1S/C21H19NP.ClH/c22-17-10-18-23(19-11-4-1-5-12-19,20-13-6-2-7-14-20)21-15-8-3-9-16-21;/h1-9,11-16H,10,18H2;1H/q+1;. The van der Waals surface area contributed by atoms with E-state index in [9.17, 15) is 5.26 Å². The largest absolute Gasteiger partial charge is 0.198 e. The van der Waals surface area contributed by atoms with Crippen molar-refractivity contribution in [1.29, 1.82) is 5.26 Å². The summed E-state index contributed by atoms with van der Waals surface area (Å²) in [7, 11) is -1.79. The van der Waals surface area contributed by atoms with Gasteiger partial charge in [-0.25, -0.2) is 0 Å². The number of hydrogen-bond acceptors (Lipinski definition) is 1. The Balaban J connectivity index is 0.00000208. The first kappa shape index (κ1) is 18.2. The van der Waals surface area contributed by atoms with Gasteiger partial charge >= 0.3 is 0 Å². The van der Waals surface area contributed by atoms with Crippen LogP contribution >= 0.6 is 19.7 Å². The third-order valence-electron chi connectivity index (χ3n) is 4.15. The molecule has 0 radical (unpaired) electrons. The molecule has 0 amide bonds. The van der Waals surface area contributed by atoms with Crippen LogP contribution in [-0.2, 0) is 0 Å². The molecule has 0 bridgehead atoms. The van der Waals surface area contributed by atoms with Crippen molar-refractivity contribution in [3.8, 4) is 6.07 Å². The van der Waals surface area contributed by atoms with Crippen molar-refractivity contribution >= 4 is 35.6 Å². The van der Waals surface area contributed by atoms with E-state index >= 15 is 0 Å². The van der Waals surface area contributed by atoms with Crippen LogP contribution in [0.5, 0.6) is 0 Å². The molecule has 0 aliphatic heterocycles. The summed E-state index contributed by atoms with van der Waals surface area (Å²) in [6.45, 7) is 0. The van der Waals surface area contributed by atoms with Crippen molar-refractivity contribution in [3.05, 3.63) is 91.0 Å². The van der Waals surface area contributed by atoms with Gasteiger partial charge in [0.05, 0.1) is 18.7 Å². The normalized spacial score (nSPS) is 10.5. The summed E-state index contributed by atoms with van der Waals surface area (Å²) < 4.78 is 0. The van der Waals surface area contributed by atoms with Crippen LogP contribution in [0.15, 0.2) is 91.0 Å². The van der Waals surface area contributed by atoms with Crippen LogP contribution in [0.25, 0.3) is 0 Å². The third-order valence-corrected chi connectivity index (χ3v) is 8.58. The zero-order chi connectivity index (χ0) is 16.0.